The summed E-state index contributed by atoms with van der Waals surface area (Å²) in [7, 11) is 0. The summed E-state index contributed by atoms with van der Waals surface area (Å²) >= 11 is 0. The SMILES string of the molecule is C[C@@H](NCC1CCN(c2ccccc2)C1)c1cccc2ccccc12.O=C(O)/C=C/C(=O)O. The molecule has 1 aliphatic rings. The van der Waals surface area contributed by atoms with E-state index in [9.17, 15) is 9.59 Å². The number of para-hydroxylation sites is 1. The molecule has 2 atom stereocenters. The van der Waals surface area contributed by atoms with Gasteiger partial charge in [-0.25, -0.2) is 9.59 Å². The number of aliphatic carboxylic acids is 2. The number of nitrogens with one attached hydrogen (secondary N) is 1. The fourth-order valence-corrected chi connectivity index (χ4v) is 4.10. The Hall–Kier alpha value is -3.64. The highest BCUT2D eigenvalue weighted by molar-refractivity contribution is 5.89. The van der Waals surface area contributed by atoms with Gasteiger partial charge in [0.15, 0.2) is 0 Å². The van der Waals surface area contributed by atoms with Crippen molar-refractivity contribution >= 4 is 28.4 Å². The number of carbonyl (C=O) groups is 2. The summed E-state index contributed by atoms with van der Waals surface area (Å²) in [4.78, 5) is 21.6. The number of fused-ring (bicyclic) bond motifs is 1. The van der Waals surface area contributed by atoms with Gasteiger partial charge in [-0.3, -0.25) is 0 Å². The molecule has 0 radical (unpaired) electrons. The molecule has 0 aromatic heterocycles. The molecule has 1 fully saturated rings. The minimum Gasteiger partial charge on any atom is -0.478 e. The van der Waals surface area contributed by atoms with Crippen molar-refractivity contribution < 1.29 is 19.8 Å². The molecular weight excluding hydrogens is 416 g/mol. The van der Waals surface area contributed by atoms with Gasteiger partial charge in [-0.2, -0.15) is 0 Å². The highest BCUT2D eigenvalue weighted by Gasteiger charge is 2.23. The molecular formula is C27H30N2O4. The van der Waals surface area contributed by atoms with Crippen molar-refractivity contribution in [2.75, 3.05) is 24.5 Å². The number of hydrogen-bond donors (Lipinski definition) is 3. The monoisotopic (exact) mass is 446 g/mol. The minimum absolute atomic E-state index is 0.372. The molecule has 3 aromatic carbocycles. The summed E-state index contributed by atoms with van der Waals surface area (Å²) in [5, 5.41) is 22.1. The van der Waals surface area contributed by atoms with Gasteiger partial charge < -0.3 is 20.4 Å². The Balaban J connectivity index is 0.000000331. The van der Waals surface area contributed by atoms with Crippen LogP contribution in [0.15, 0.2) is 84.9 Å². The van der Waals surface area contributed by atoms with Crippen LogP contribution in [-0.2, 0) is 9.59 Å². The molecule has 0 amide bonds. The minimum atomic E-state index is -1.26. The van der Waals surface area contributed by atoms with Gasteiger partial charge in [-0.15, -0.1) is 0 Å². The van der Waals surface area contributed by atoms with Crippen LogP contribution in [0.1, 0.15) is 24.9 Å². The highest BCUT2D eigenvalue weighted by Crippen LogP contribution is 2.26. The van der Waals surface area contributed by atoms with Crippen LogP contribution < -0.4 is 10.2 Å². The van der Waals surface area contributed by atoms with Crippen molar-refractivity contribution in [2.45, 2.75) is 19.4 Å². The van der Waals surface area contributed by atoms with Crippen molar-refractivity contribution in [3.05, 3.63) is 90.5 Å². The second-order valence-corrected chi connectivity index (χ2v) is 8.14. The van der Waals surface area contributed by atoms with Crippen molar-refractivity contribution in [1.82, 2.24) is 5.32 Å². The van der Waals surface area contributed by atoms with Gasteiger partial charge in [-0.1, -0.05) is 60.7 Å². The molecule has 172 valence electrons. The van der Waals surface area contributed by atoms with Crippen molar-refractivity contribution in [1.29, 1.82) is 0 Å². The molecule has 6 nitrogen and oxygen atoms in total. The van der Waals surface area contributed by atoms with E-state index in [1.807, 2.05) is 0 Å². The molecule has 4 rings (SSSR count). The summed E-state index contributed by atoms with van der Waals surface area (Å²) < 4.78 is 0. The zero-order valence-electron chi connectivity index (χ0n) is 18.7. The summed E-state index contributed by atoms with van der Waals surface area (Å²) in [6.07, 6.45) is 2.38. The predicted octanol–water partition coefficient (Wildman–Crippen LogP) is 4.73. The number of nitrogens with zero attached hydrogens (tertiary/aromatic N) is 1. The number of benzene rings is 3. The maximum atomic E-state index is 9.55. The average molecular weight is 447 g/mol. The Bertz CT molecular complexity index is 1080. The first-order valence-corrected chi connectivity index (χ1v) is 11.1. The lowest BCUT2D eigenvalue weighted by atomic mass is 9.99. The smallest absolute Gasteiger partial charge is 0.328 e. The Morgan fingerprint density at radius 1 is 0.970 bits per heavy atom. The maximum Gasteiger partial charge on any atom is 0.328 e. The van der Waals surface area contributed by atoms with E-state index in [4.69, 9.17) is 10.2 Å². The lowest BCUT2D eigenvalue weighted by Gasteiger charge is -2.21. The second kappa shape index (κ2) is 11.8. The molecule has 1 saturated heterocycles. The van der Waals surface area contributed by atoms with Crippen LogP contribution in [-0.4, -0.2) is 41.8 Å². The number of anilines is 1. The zero-order valence-corrected chi connectivity index (χ0v) is 18.7. The molecule has 33 heavy (non-hydrogen) atoms. The number of rotatable bonds is 7. The first-order valence-electron chi connectivity index (χ1n) is 11.1. The van der Waals surface area contributed by atoms with Crippen LogP contribution in [0, 0.1) is 5.92 Å². The molecule has 0 bridgehead atoms. The Morgan fingerprint density at radius 3 is 2.30 bits per heavy atom. The molecule has 1 aliphatic heterocycles. The molecule has 6 heteroatoms. The van der Waals surface area contributed by atoms with Crippen LogP contribution in [0.2, 0.25) is 0 Å². The highest BCUT2D eigenvalue weighted by atomic mass is 16.4. The van der Waals surface area contributed by atoms with E-state index in [0.717, 1.165) is 19.0 Å². The van der Waals surface area contributed by atoms with Crippen LogP contribution in [0.4, 0.5) is 5.69 Å². The van der Waals surface area contributed by atoms with E-state index in [2.05, 4.69) is 89.9 Å². The molecule has 1 heterocycles. The standard InChI is InChI=1S/C23H26N2.C4H4O4/c1-18(22-13-7-9-20-8-5-6-12-23(20)22)24-16-19-14-15-25(17-19)21-10-3-2-4-11-21;5-3(6)1-2-4(7)8/h2-13,18-19,24H,14-17H2,1H3;1-2H,(H,5,6)(H,7,8)/b;2-1+/t18-,19?;/m1./s1. The quantitative estimate of drug-likeness (QED) is 0.455. The third-order valence-electron chi connectivity index (χ3n) is 5.78. The molecule has 3 N–H and O–H groups in total. The second-order valence-electron chi connectivity index (χ2n) is 8.14. The Labute approximate surface area is 194 Å². The van der Waals surface area contributed by atoms with Gasteiger partial charge in [-0.05, 0) is 47.7 Å². The van der Waals surface area contributed by atoms with Crippen LogP contribution in [0.25, 0.3) is 10.8 Å². The summed E-state index contributed by atoms with van der Waals surface area (Å²) in [6, 6.07) is 26.4. The summed E-state index contributed by atoms with van der Waals surface area (Å²) in [5.74, 6) is -1.79. The van der Waals surface area contributed by atoms with Gasteiger partial charge in [0.1, 0.15) is 0 Å². The molecule has 1 unspecified atom stereocenters. The van der Waals surface area contributed by atoms with Crippen molar-refractivity contribution in [3.8, 4) is 0 Å². The zero-order chi connectivity index (χ0) is 23.6. The number of carboxylic acids is 2. The van der Waals surface area contributed by atoms with Gasteiger partial charge in [0.25, 0.3) is 0 Å². The third-order valence-corrected chi connectivity index (χ3v) is 5.78. The third kappa shape index (κ3) is 7.19. The van der Waals surface area contributed by atoms with E-state index < -0.39 is 11.9 Å². The van der Waals surface area contributed by atoms with E-state index in [0.29, 0.717) is 18.2 Å². The van der Waals surface area contributed by atoms with E-state index in [-0.39, 0.29) is 0 Å². The summed E-state index contributed by atoms with van der Waals surface area (Å²) in [6.45, 7) is 5.68. The van der Waals surface area contributed by atoms with Gasteiger partial charge >= 0.3 is 11.9 Å². The fourth-order valence-electron chi connectivity index (χ4n) is 4.10. The molecule has 0 aliphatic carbocycles. The number of carboxylic acid groups (broad SMARTS) is 2. The van der Waals surface area contributed by atoms with Gasteiger partial charge in [0.05, 0.1) is 0 Å². The first kappa shape index (κ1) is 24.0. The van der Waals surface area contributed by atoms with Crippen LogP contribution in [0.3, 0.4) is 0 Å². The van der Waals surface area contributed by atoms with E-state index in [1.54, 1.807) is 0 Å². The van der Waals surface area contributed by atoms with Gasteiger partial charge in [0.2, 0.25) is 0 Å². The van der Waals surface area contributed by atoms with Crippen LogP contribution >= 0.6 is 0 Å². The van der Waals surface area contributed by atoms with E-state index >= 15 is 0 Å². The first-order chi connectivity index (χ1) is 15.9. The van der Waals surface area contributed by atoms with Crippen molar-refractivity contribution in [3.63, 3.8) is 0 Å². The van der Waals surface area contributed by atoms with E-state index in [1.165, 1.54) is 35.0 Å². The van der Waals surface area contributed by atoms with Crippen LogP contribution in [0.5, 0.6) is 0 Å². The molecule has 0 spiro atoms. The predicted molar refractivity (Wildman–Crippen MR) is 132 cm³/mol. The largest absolute Gasteiger partial charge is 0.478 e. The maximum absolute atomic E-state index is 9.55. The lowest BCUT2D eigenvalue weighted by Crippen LogP contribution is -2.28. The normalized spacial score (nSPS) is 16.4. The lowest BCUT2D eigenvalue weighted by molar-refractivity contribution is -0.134. The Morgan fingerprint density at radius 2 is 1.61 bits per heavy atom. The Kier molecular flexibility index (Phi) is 8.61. The molecule has 3 aromatic rings. The number of hydrogen-bond acceptors (Lipinski definition) is 4. The molecule has 0 saturated carbocycles. The summed E-state index contributed by atoms with van der Waals surface area (Å²) in [5.41, 5.74) is 2.75. The van der Waals surface area contributed by atoms with Crippen molar-refractivity contribution in [2.24, 2.45) is 5.92 Å². The topological polar surface area (TPSA) is 89.9 Å². The van der Waals surface area contributed by atoms with Gasteiger partial charge in [0, 0.05) is 43.5 Å². The fraction of sp³-hybridized carbons (Fsp3) is 0.259. The average Bonchev–Trinajstić information content (AvgIpc) is 3.31.